The maximum absolute atomic E-state index is 5.66. The van der Waals surface area contributed by atoms with Gasteiger partial charge in [0.05, 0.1) is 12.6 Å². The summed E-state index contributed by atoms with van der Waals surface area (Å²) in [6, 6.07) is 12.3. The first-order valence-electron chi connectivity index (χ1n) is 7.76. The molecule has 1 N–H and O–H groups in total. The molecule has 6 heteroatoms. The van der Waals surface area contributed by atoms with Gasteiger partial charge in [-0.05, 0) is 55.2 Å². The average molecular weight is 362 g/mol. The van der Waals surface area contributed by atoms with E-state index in [-0.39, 0.29) is 6.04 Å². The Labute approximate surface area is 153 Å². The molecule has 0 saturated heterocycles. The van der Waals surface area contributed by atoms with Gasteiger partial charge in [-0.15, -0.1) is 11.8 Å². The van der Waals surface area contributed by atoms with Crippen LogP contribution in [-0.4, -0.2) is 41.5 Å². The highest BCUT2D eigenvalue weighted by atomic mass is 32.2. The number of methoxy groups -OCH3 is 1. The third-order valence-electron chi connectivity index (χ3n) is 3.75. The summed E-state index contributed by atoms with van der Waals surface area (Å²) in [4.78, 5) is 7.54. The van der Waals surface area contributed by atoms with Gasteiger partial charge in [0, 0.05) is 36.6 Å². The molecule has 0 aliphatic carbocycles. The first-order chi connectivity index (χ1) is 11.7. The predicted octanol–water partition coefficient (Wildman–Crippen LogP) is 4.21. The highest BCUT2D eigenvalue weighted by Crippen LogP contribution is 2.22. The number of nitrogens with one attached hydrogen (secondary N) is 1. The normalized spacial score (nSPS) is 11.8. The third-order valence-corrected chi connectivity index (χ3v) is 4.81. The number of benzene rings is 1. The van der Waals surface area contributed by atoms with Gasteiger partial charge in [-0.25, -0.2) is 0 Å². The fourth-order valence-corrected chi connectivity index (χ4v) is 3.19. The van der Waals surface area contributed by atoms with E-state index in [1.165, 1.54) is 4.90 Å². The fourth-order valence-electron chi connectivity index (χ4n) is 2.36. The van der Waals surface area contributed by atoms with E-state index < -0.39 is 0 Å². The molecule has 24 heavy (non-hydrogen) atoms. The Hall–Kier alpha value is -1.63. The lowest BCUT2D eigenvalue weighted by molar-refractivity contribution is 0.165. The number of pyridine rings is 1. The van der Waals surface area contributed by atoms with Crippen molar-refractivity contribution in [1.82, 2.24) is 9.88 Å². The van der Waals surface area contributed by atoms with Gasteiger partial charge in [-0.2, -0.15) is 0 Å². The zero-order chi connectivity index (χ0) is 17.4. The summed E-state index contributed by atoms with van der Waals surface area (Å²) in [6.45, 7) is 3.44. The van der Waals surface area contributed by atoms with Crippen LogP contribution in [0.4, 0.5) is 5.69 Å². The number of nitrogens with zero attached hydrogens (tertiary/aromatic N) is 2. The highest BCUT2D eigenvalue weighted by Gasteiger charge is 2.19. The van der Waals surface area contributed by atoms with E-state index in [2.05, 4.69) is 46.6 Å². The molecule has 0 bridgehead atoms. The predicted molar refractivity (Wildman–Crippen MR) is 106 cm³/mol. The van der Waals surface area contributed by atoms with Crippen LogP contribution in [0.2, 0.25) is 0 Å². The van der Waals surface area contributed by atoms with Gasteiger partial charge in [0.15, 0.2) is 5.11 Å². The Balaban J connectivity index is 2.15. The lowest BCUT2D eigenvalue weighted by Gasteiger charge is -2.32. The van der Waals surface area contributed by atoms with Crippen LogP contribution < -0.4 is 5.32 Å². The third kappa shape index (κ3) is 5.19. The zero-order valence-corrected chi connectivity index (χ0v) is 15.9. The fraction of sp³-hybridized carbons (Fsp3) is 0.333. The van der Waals surface area contributed by atoms with Crippen LogP contribution in [0.5, 0.6) is 0 Å². The van der Waals surface area contributed by atoms with E-state index in [1.54, 1.807) is 25.1 Å². The van der Waals surface area contributed by atoms with Crippen LogP contribution in [-0.2, 0) is 4.74 Å². The van der Waals surface area contributed by atoms with Crippen LogP contribution in [0.25, 0.3) is 0 Å². The molecule has 1 aromatic heterocycles. The quantitative estimate of drug-likeness (QED) is 0.588. The monoisotopic (exact) mass is 361 g/mol. The molecule has 1 aromatic carbocycles. The van der Waals surface area contributed by atoms with Crippen molar-refractivity contribution in [3.8, 4) is 0 Å². The molecule has 2 aromatic rings. The Kier molecular flexibility index (Phi) is 7.49. The van der Waals surface area contributed by atoms with E-state index in [1.807, 2.05) is 24.4 Å². The number of thiocarbonyl (C=S) groups is 1. The topological polar surface area (TPSA) is 37.4 Å². The molecule has 1 heterocycles. The molecule has 0 aliphatic rings. The first kappa shape index (κ1) is 18.7. The van der Waals surface area contributed by atoms with Gasteiger partial charge in [-0.1, -0.05) is 12.1 Å². The van der Waals surface area contributed by atoms with Gasteiger partial charge in [0.25, 0.3) is 0 Å². The summed E-state index contributed by atoms with van der Waals surface area (Å²) >= 11 is 7.37. The summed E-state index contributed by atoms with van der Waals surface area (Å²) in [7, 11) is 1.70. The minimum atomic E-state index is 0.109. The molecule has 4 nitrogen and oxygen atoms in total. The summed E-state index contributed by atoms with van der Waals surface area (Å²) in [6.07, 6.45) is 5.72. The molecule has 0 fully saturated rings. The largest absolute Gasteiger partial charge is 0.383 e. The Bertz CT molecular complexity index is 652. The van der Waals surface area contributed by atoms with Gasteiger partial charge < -0.3 is 15.0 Å². The number of hydrogen-bond acceptors (Lipinski definition) is 4. The zero-order valence-electron chi connectivity index (χ0n) is 14.2. The van der Waals surface area contributed by atoms with Crippen molar-refractivity contribution in [2.24, 2.45) is 0 Å². The molecule has 1 atom stereocenters. The summed E-state index contributed by atoms with van der Waals surface area (Å²) in [5.41, 5.74) is 2.11. The molecule has 2 rings (SSSR count). The van der Waals surface area contributed by atoms with E-state index in [9.17, 15) is 0 Å². The number of rotatable bonds is 7. The first-order valence-corrected chi connectivity index (χ1v) is 9.39. The highest BCUT2D eigenvalue weighted by molar-refractivity contribution is 7.98. The van der Waals surface area contributed by atoms with Crippen molar-refractivity contribution in [1.29, 1.82) is 0 Å². The van der Waals surface area contributed by atoms with Gasteiger partial charge in [0.1, 0.15) is 0 Å². The molecule has 128 valence electrons. The van der Waals surface area contributed by atoms with Gasteiger partial charge >= 0.3 is 0 Å². The minimum absolute atomic E-state index is 0.109. The second kappa shape index (κ2) is 9.61. The van der Waals surface area contributed by atoms with Crippen LogP contribution in [0.3, 0.4) is 0 Å². The molecule has 0 amide bonds. The van der Waals surface area contributed by atoms with E-state index in [4.69, 9.17) is 17.0 Å². The van der Waals surface area contributed by atoms with E-state index >= 15 is 0 Å². The van der Waals surface area contributed by atoms with Crippen molar-refractivity contribution < 1.29 is 4.74 Å². The average Bonchev–Trinajstić information content (AvgIpc) is 2.62. The molecular formula is C18H23N3OS2. The Morgan fingerprint density at radius 3 is 2.88 bits per heavy atom. The number of aromatic nitrogens is 1. The number of thioether (sulfide) groups is 1. The molecule has 0 radical (unpaired) electrons. The molecule has 0 unspecified atom stereocenters. The number of anilines is 1. The molecule has 0 aliphatic heterocycles. The molecule has 0 saturated carbocycles. The van der Waals surface area contributed by atoms with Crippen LogP contribution in [0.1, 0.15) is 18.5 Å². The van der Waals surface area contributed by atoms with Gasteiger partial charge in [-0.3, -0.25) is 4.98 Å². The minimum Gasteiger partial charge on any atom is -0.383 e. The number of ether oxygens (including phenoxy) is 1. The maximum atomic E-state index is 5.66. The van der Waals surface area contributed by atoms with E-state index in [0.29, 0.717) is 18.3 Å². The van der Waals surface area contributed by atoms with Crippen molar-refractivity contribution >= 4 is 34.8 Å². The Morgan fingerprint density at radius 1 is 1.38 bits per heavy atom. The summed E-state index contributed by atoms with van der Waals surface area (Å²) in [5.74, 6) is 0. The lowest BCUT2D eigenvalue weighted by atomic mass is 10.1. The van der Waals surface area contributed by atoms with Crippen LogP contribution in [0.15, 0.2) is 53.7 Å². The summed E-state index contributed by atoms with van der Waals surface area (Å²) < 4.78 is 5.25. The van der Waals surface area contributed by atoms with Crippen molar-refractivity contribution in [3.05, 3.63) is 54.4 Å². The second-order valence-corrected chi connectivity index (χ2v) is 6.58. The van der Waals surface area contributed by atoms with E-state index in [0.717, 1.165) is 11.3 Å². The summed E-state index contributed by atoms with van der Waals surface area (Å²) in [5, 5.41) is 4.03. The van der Waals surface area contributed by atoms with Crippen molar-refractivity contribution in [2.45, 2.75) is 17.9 Å². The standard InChI is InChI=1S/C18H23N3OS2/c1-14(15-6-5-9-19-13-15)21(10-11-22-2)18(23)20-16-7-4-8-17(12-16)24-3/h4-9,12-14H,10-11H2,1-3H3,(H,20,23)/t14-/m1/s1. The van der Waals surface area contributed by atoms with Crippen molar-refractivity contribution in [2.75, 3.05) is 31.8 Å². The van der Waals surface area contributed by atoms with Crippen molar-refractivity contribution in [3.63, 3.8) is 0 Å². The maximum Gasteiger partial charge on any atom is 0.174 e. The number of hydrogen-bond donors (Lipinski definition) is 1. The van der Waals surface area contributed by atoms with Crippen LogP contribution >= 0.6 is 24.0 Å². The smallest absolute Gasteiger partial charge is 0.174 e. The lowest BCUT2D eigenvalue weighted by Crippen LogP contribution is -2.39. The van der Waals surface area contributed by atoms with Crippen LogP contribution in [0, 0.1) is 0 Å². The molecular weight excluding hydrogens is 338 g/mol. The molecule has 0 spiro atoms. The van der Waals surface area contributed by atoms with Gasteiger partial charge in [0.2, 0.25) is 0 Å². The Morgan fingerprint density at radius 2 is 2.21 bits per heavy atom. The second-order valence-electron chi connectivity index (χ2n) is 5.31. The SMILES string of the molecule is COCCN(C(=S)Nc1cccc(SC)c1)[C@H](C)c1cccnc1.